The van der Waals surface area contributed by atoms with E-state index in [4.69, 9.17) is 10.5 Å². The molecule has 0 radical (unpaired) electrons. The molecule has 0 saturated heterocycles. The van der Waals surface area contributed by atoms with E-state index in [9.17, 15) is 4.39 Å². The molecule has 2 N–H and O–H groups in total. The monoisotopic (exact) mass is 317 g/mol. The molecule has 0 saturated carbocycles. The molecule has 0 spiro atoms. The molecule has 0 fully saturated rings. The maximum absolute atomic E-state index is 13.7. The number of nitrogens with two attached hydrogens (primary N) is 1. The van der Waals surface area contributed by atoms with Gasteiger partial charge in [-0.1, -0.05) is 43.6 Å². The quantitative estimate of drug-likeness (QED) is 0.906. The fourth-order valence-corrected chi connectivity index (χ4v) is 2.16. The summed E-state index contributed by atoms with van der Waals surface area (Å²) in [5.74, 6) is -0.121. The van der Waals surface area contributed by atoms with Crippen LogP contribution in [0.2, 0.25) is 0 Å². The second kappa shape index (κ2) is 6.02. The molecule has 2 nitrogen and oxygen atoms in total. The molecule has 2 unspecified atom stereocenters. The lowest BCUT2D eigenvalue weighted by molar-refractivity contribution is 0.0585. The maximum Gasteiger partial charge on any atom is 0.165 e. The van der Waals surface area contributed by atoms with E-state index in [0.717, 1.165) is 10.9 Å². The average Bonchev–Trinajstić information content (AvgIpc) is 2.27. The molecule has 1 aromatic rings. The Balaban J connectivity index is 3.00. The molecule has 0 aliphatic carbocycles. The van der Waals surface area contributed by atoms with Crippen molar-refractivity contribution < 1.29 is 9.13 Å². The van der Waals surface area contributed by atoms with Crippen molar-refractivity contribution in [2.75, 3.05) is 0 Å². The summed E-state index contributed by atoms with van der Waals surface area (Å²) >= 11 is 3.31. The summed E-state index contributed by atoms with van der Waals surface area (Å²) in [5, 5.41) is 0. The van der Waals surface area contributed by atoms with E-state index >= 15 is 0 Å². The number of hydrogen-bond acceptors (Lipinski definition) is 2. The molecule has 18 heavy (non-hydrogen) atoms. The minimum Gasteiger partial charge on any atom is -0.485 e. The molecule has 1 aromatic carbocycles. The van der Waals surface area contributed by atoms with E-state index in [2.05, 4.69) is 15.9 Å². The summed E-state index contributed by atoms with van der Waals surface area (Å²) in [7, 11) is 0. The summed E-state index contributed by atoms with van der Waals surface area (Å²) in [6.45, 7) is 8.14. The van der Waals surface area contributed by atoms with E-state index in [1.165, 1.54) is 6.07 Å². The second-order valence-electron chi connectivity index (χ2n) is 5.55. The van der Waals surface area contributed by atoms with Gasteiger partial charge in [0, 0.05) is 15.9 Å². The van der Waals surface area contributed by atoms with Crippen LogP contribution in [0.5, 0.6) is 5.75 Å². The van der Waals surface area contributed by atoms with Gasteiger partial charge in [0.15, 0.2) is 11.6 Å². The standard InChI is InChI=1S/C14H21BrFNO/c1-5-11(17)13(14(2,3)4)18-12-8-9(15)6-7-10(12)16/h6-8,11,13H,5,17H2,1-4H3. The highest BCUT2D eigenvalue weighted by Crippen LogP contribution is 2.30. The van der Waals surface area contributed by atoms with Crippen molar-refractivity contribution in [3.63, 3.8) is 0 Å². The first-order valence-electron chi connectivity index (χ1n) is 6.13. The molecule has 0 aliphatic rings. The lowest BCUT2D eigenvalue weighted by Crippen LogP contribution is -2.47. The summed E-state index contributed by atoms with van der Waals surface area (Å²) in [5.41, 5.74) is 5.93. The van der Waals surface area contributed by atoms with Gasteiger partial charge in [-0.15, -0.1) is 0 Å². The summed E-state index contributed by atoms with van der Waals surface area (Å²) in [6.07, 6.45) is 0.559. The van der Waals surface area contributed by atoms with E-state index < -0.39 is 0 Å². The van der Waals surface area contributed by atoms with E-state index in [-0.39, 0.29) is 29.1 Å². The van der Waals surface area contributed by atoms with Gasteiger partial charge in [-0.05, 0) is 24.6 Å². The smallest absolute Gasteiger partial charge is 0.165 e. The summed E-state index contributed by atoms with van der Waals surface area (Å²) < 4.78 is 20.3. The van der Waals surface area contributed by atoms with Crippen molar-refractivity contribution >= 4 is 15.9 Å². The number of ether oxygens (including phenoxy) is 1. The number of hydrogen-bond donors (Lipinski definition) is 1. The molecular weight excluding hydrogens is 297 g/mol. The number of benzene rings is 1. The highest BCUT2D eigenvalue weighted by molar-refractivity contribution is 9.10. The largest absolute Gasteiger partial charge is 0.485 e. The van der Waals surface area contributed by atoms with Crippen molar-refractivity contribution in [1.29, 1.82) is 0 Å². The lowest BCUT2D eigenvalue weighted by Gasteiger charge is -2.35. The van der Waals surface area contributed by atoms with Crippen molar-refractivity contribution in [2.24, 2.45) is 11.1 Å². The van der Waals surface area contributed by atoms with Crippen LogP contribution in [0.25, 0.3) is 0 Å². The van der Waals surface area contributed by atoms with Crippen LogP contribution in [0.3, 0.4) is 0 Å². The Kier molecular flexibility index (Phi) is 5.17. The molecular formula is C14H21BrFNO. The minimum atomic E-state index is -0.365. The first-order chi connectivity index (χ1) is 8.25. The normalized spacial score (nSPS) is 15.3. The number of halogens is 2. The molecule has 4 heteroatoms. The van der Waals surface area contributed by atoms with Crippen molar-refractivity contribution in [3.8, 4) is 5.75 Å². The maximum atomic E-state index is 13.7. The van der Waals surface area contributed by atoms with Crippen molar-refractivity contribution in [1.82, 2.24) is 0 Å². The van der Waals surface area contributed by atoms with E-state index in [1.807, 2.05) is 27.7 Å². The van der Waals surface area contributed by atoms with Crippen LogP contribution in [0.4, 0.5) is 4.39 Å². The zero-order valence-corrected chi connectivity index (χ0v) is 12.9. The Morgan fingerprint density at radius 3 is 2.50 bits per heavy atom. The number of rotatable bonds is 4. The van der Waals surface area contributed by atoms with Crippen LogP contribution < -0.4 is 10.5 Å². The molecule has 0 heterocycles. The van der Waals surface area contributed by atoms with Gasteiger partial charge in [0.25, 0.3) is 0 Å². The lowest BCUT2D eigenvalue weighted by atomic mass is 9.84. The van der Waals surface area contributed by atoms with Crippen LogP contribution in [0.1, 0.15) is 34.1 Å². The van der Waals surface area contributed by atoms with Crippen LogP contribution in [-0.4, -0.2) is 12.1 Å². The molecule has 0 aromatic heterocycles. The second-order valence-corrected chi connectivity index (χ2v) is 6.47. The summed E-state index contributed by atoms with van der Waals surface area (Å²) in [4.78, 5) is 0. The average molecular weight is 318 g/mol. The predicted molar refractivity (Wildman–Crippen MR) is 76.2 cm³/mol. The van der Waals surface area contributed by atoms with Gasteiger partial charge in [-0.3, -0.25) is 0 Å². The first kappa shape index (κ1) is 15.4. The zero-order chi connectivity index (χ0) is 13.9. The highest BCUT2D eigenvalue weighted by Gasteiger charge is 2.32. The van der Waals surface area contributed by atoms with Crippen molar-refractivity contribution in [2.45, 2.75) is 46.3 Å². The van der Waals surface area contributed by atoms with Crippen LogP contribution in [0, 0.1) is 11.2 Å². The van der Waals surface area contributed by atoms with Crippen LogP contribution >= 0.6 is 15.9 Å². The van der Waals surface area contributed by atoms with Crippen molar-refractivity contribution in [3.05, 3.63) is 28.5 Å². The Morgan fingerprint density at radius 2 is 2.00 bits per heavy atom. The first-order valence-corrected chi connectivity index (χ1v) is 6.92. The summed E-state index contributed by atoms with van der Waals surface area (Å²) in [6, 6.07) is 4.55. The Labute approximate surface area is 117 Å². The molecule has 102 valence electrons. The van der Waals surface area contributed by atoms with Crippen LogP contribution in [0.15, 0.2) is 22.7 Å². The fourth-order valence-electron chi connectivity index (χ4n) is 1.82. The third-order valence-electron chi connectivity index (χ3n) is 2.86. The topological polar surface area (TPSA) is 35.2 Å². The SMILES string of the molecule is CCC(N)C(Oc1cc(Br)ccc1F)C(C)(C)C. The Bertz CT molecular complexity index is 403. The molecule has 0 amide bonds. The third-order valence-corrected chi connectivity index (χ3v) is 3.35. The fraction of sp³-hybridized carbons (Fsp3) is 0.571. The van der Waals surface area contributed by atoms with E-state index in [1.54, 1.807) is 12.1 Å². The van der Waals surface area contributed by atoms with Gasteiger partial charge in [-0.25, -0.2) is 4.39 Å². The van der Waals surface area contributed by atoms with Gasteiger partial charge in [0.2, 0.25) is 0 Å². The van der Waals surface area contributed by atoms with Gasteiger partial charge >= 0.3 is 0 Å². The van der Waals surface area contributed by atoms with Gasteiger partial charge in [0.05, 0.1) is 0 Å². The highest BCUT2D eigenvalue weighted by atomic mass is 79.9. The van der Waals surface area contributed by atoms with E-state index in [0.29, 0.717) is 0 Å². The molecule has 0 aliphatic heterocycles. The Morgan fingerprint density at radius 1 is 1.39 bits per heavy atom. The van der Waals surface area contributed by atoms with Gasteiger partial charge in [0.1, 0.15) is 6.10 Å². The Hall–Kier alpha value is -0.610. The van der Waals surface area contributed by atoms with Gasteiger partial charge < -0.3 is 10.5 Å². The molecule has 0 bridgehead atoms. The van der Waals surface area contributed by atoms with Crippen LogP contribution in [-0.2, 0) is 0 Å². The molecule has 1 rings (SSSR count). The predicted octanol–water partition coefficient (Wildman–Crippen LogP) is 4.12. The third kappa shape index (κ3) is 3.95. The van der Waals surface area contributed by atoms with Gasteiger partial charge in [-0.2, -0.15) is 0 Å². The zero-order valence-electron chi connectivity index (χ0n) is 11.3. The minimum absolute atomic E-state index is 0.122. The molecule has 2 atom stereocenters.